The second-order valence-electron chi connectivity index (χ2n) is 8.16. The minimum absolute atomic E-state index is 0.0653. The number of nitrogens with zero attached hydrogens (tertiary/aromatic N) is 2. The Bertz CT molecular complexity index is 1380. The van der Waals surface area contributed by atoms with Crippen LogP contribution in [0.1, 0.15) is 17.2 Å². The third-order valence-electron chi connectivity index (χ3n) is 5.80. The van der Waals surface area contributed by atoms with Crippen molar-refractivity contribution >= 4 is 27.6 Å². The zero-order valence-electron chi connectivity index (χ0n) is 18.3. The van der Waals surface area contributed by atoms with Crippen molar-refractivity contribution in [3.8, 4) is 0 Å². The van der Waals surface area contributed by atoms with E-state index in [9.17, 15) is 33.2 Å². The average Bonchev–Trinajstić information content (AvgIpc) is 2.84. The van der Waals surface area contributed by atoms with Gasteiger partial charge in [0, 0.05) is 12.5 Å². The van der Waals surface area contributed by atoms with Gasteiger partial charge in [0.15, 0.2) is 10.9 Å². The molecule has 0 bridgehead atoms. The quantitative estimate of drug-likeness (QED) is 0.263. The van der Waals surface area contributed by atoms with Crippen molar-refractivity contribution in [1.82, 2.24) is 9.62 Å². The Morgan fingerprint density at radius 3 is 2.17 bits per heavy atom. The number of hydrogen-bond donors (Lipinski definition) is 2. The summed E-state index contributed by atoms with van der Waals surface area (Å²) in [6.07, 6.45) is -0.0653. The van der Waals surface area contributed by atoms with Gasteiger partial charge < -0.3 is 10.0 Å². The van der Waals surface area contributed by atoms with Crippen LogP contribution in [-0.4, -0.2) is 47.3 Å². The van der Waals surface area contributed by atoms with Gasteiger partial charge in [0.1, 0.15) is 5.54 Å². The smallest absolute Gasteiger partial charge is 0.331 e. The summed E-state index contributed by atoms with van der Waals surface area (Å²) in [6, 6.07) is 20.3. The molecule has 4 rings (SSSR count). The van der Waals surface area contributed by atoms with Crippen molar-refractivity contribution < 1.29 is 28.0 Å². The largest absolute Gasteiger partial charge is 0.479 e. The summed E-state index contributed by atoms with van der Waals surface area (Å²) in [6.45, 7) is -0.244. The van der Waals surface area contributed by atoms with E-state index in [1.165, 1.54) is 12.1 Å². The fraction of sp³-hybridized carbons (Fsp3) is 0.167. The Kier molecular flexibility index (Phi) is 6.37. The van der Waals surface area contributed by atoms with Gasteiger partial charge >= 0.3 is 5.97 Å². The van der Waals surface area contributed by atoms with E-state index in [0.717, 1.165) is 17.0 Å². The number of carboxylic acid groups (broad SMARTS) is 1. The number of carbonyl (C=O) groups is 2. The first-order valence-electron chi connectivity index (χ1n) is 10.5. The number of carboxylic acids is 1. The molecule has 1 aliphatic rings. The van der Waals surface area contributed by atoms with Crippen LogP contribution in [0.4, 0.5) is 5.69 Å². The molecule has 1 unspecified atom stereocenters. The van der Waals surface area contributed by atoms with Crippen LogP contribution in [0.15, 0.2) is 89.8 Å². The third kappa shape index (κ3) is 4.63. The lowest BCUT2D eigenvalue weighted by Crippen LogP contribution is -2.75. The lowest BCUT2D eigenvalue weighted by Gasteiger charge is -2.51. The van der Waals surface area contributed by atoms with Gasteiger partial charge in [-0.1, -0.05) is 72.8 Å². The van der Waals surface area contributed by atoms with Crippen molar-refractivity contribution in [2.45, 2.75) is 22.9 Å². The van der Waals surface area contributed by atoms with Crippen LogP contribution in [0.25, 0.3) is 0 Å². The number of β-lactam (4-membered cyclic amide) rings is 1. The molecule has 1 heterocycles. The van der Waals surface area contributed by atoms with Gasteiger partial charge in [-0.25, -0.2) is 13.2 Å². The minimum atomic E-state index is -4.53. The predicted molar refractivity (Wildman–Crippen MR) is 125 cm³/mol. The van der Waals surface area contributed by atoms with Crippen LogP contribution < -0.4 is 4.72 Å². The van der Waals surface area contributed by atoms with Gasteiger partial charge in [0.2, 0.25) is 15.9 Å². The van der Waals surface area contributed by atoms with Crippen molar-refractivity contribution in [3.63, 3.8) is 0 Å². The van der Waals surface area contributed by atoms with Crippen LogP contribution in [-0.2, 0) is 26.0 Å². The van der Waals surface area contributed by atoms with E-state index in [1.54, 1.807) is 60.7 Å². The molecular formula is C24H21N3O7S. The zero-order valence-corrected chi connectivity index (χ0v) is 19.1. The lowest BCUT2D eigenvalue weighted by molar-refractivity contribution is -0.387. The predicted octanol–water partition coefficient (Wildman–Crippen LogP) is 2.52. The van der Waals surface area contributed by atoms with Gasteiger partial charge in [-0.3, -0.25) is 14.9 Å². The zero-order chi connectivity index (χ0) is 25.2. The molecule has 0 spiro atoms. The monoisotopic (exact) mass is 495 g/mol. The van der Waals surface area contributed by atoms with E-state index in [1.807, 2.05) is 0 Å². The van der Waals surface area contributed by atoms with Gasteiger partial charge in [-0.2, -0.15) is 4.72 Å². The Balaban J connectivity index is 1.73. The highest BCUT2D eigenvalue weighted by molar-refractivity contribution is 7.89. The molecule has 1 fully saturated rings. The Labute approximate surface area is 201 Å². The number of para-hydroxylation sites is 1. The lowest BCUT2D eigenvalue weighted by atomic mass is 9.81. The molecule has 3 aromatic carbocycles. The summed E-state index contributed by atoms with van der Waals surface area (Å²) in [5, 5.41) is 21.3. The molecule has 2 N–H and O–H groups in total. The molecule has 0 saturated carbocycles. The first-order valence-corrected chi connectivity index (χ1v) is 12.0. The second kappa shape index (κ2) is 9.28. The topological polar surface area (TPSA) is 147 Å². The van der Waals surface area contributed by atoms with Crippen molar-refractivity contribution in [2.24, 2.45) is 0 Å². The highest BCUT2D eigenvalue weighted by Gasteiger charge is 2.58. The van der Waals surface area contributed by atoms with Gasteiger partial charge in [-0.05, 0) is 17.2 Å². The summed E-state index contributed by atoms with van der Waals surface area (Å²) in [4.78, 5) is 36.7. The van der Waals surface area contributed by atoms with E-state index in [-0.39, 0.29) is 13.0 Å². The Morgan fingerprint density at radius 1 is 1.03 bits per heavy atom. The summed E-state index contributed by atoms with van der Waals surface area (Å²) < 4.78 is 28.9. The Hall–Kier alpha value is -4.09. The molecule has 11 heteroatoms. The molecule has 0 radical (unpaired) electrons. The molecular weight excluding hydrogens is 474 g/mol. The number of sulfonamides is 1. The summed E-state index contributed by atoms with van der Waals surface area (Å²) >= 11 is 0. The molecule has 180 valence electrons. The number of rotatable bonds is 9. The van der Waals surface area contributed by atoms with Crippen LogP contribution >= 0.6 is 0 Å². The maximum absolute atomic E-state index is 13.5. The number of aliphatic carboxylic acids is 1. The van der Waals surface area contributed by atoms with Crippen LogP contribution in [0.2, 0.25) is 0 Å². The van der Waals surface area contributed by atoms with Crippen LogP contribution in [0.3, 0.4) is 0 Å². The molecule has 1 aliphatic heterocycles. The third-order valence-corrected chi connectivity index (χ3v) is 7.39. The number of carbonyl (C=O) groups excluding carboxylic acids is 1. The van der Waals surface area contributed by atoms with Crippen LogP contribution in [0, 0.1) is 10.1 Å². The Morgan fingerprint density at radius 2 is 1.60 bits per heavy atom. The van der Waals surface area contributed by atoms with Crippen LogP contribution in [0.5, 0.6) is 0 Å². The van der Waals surface area contributed by atoms with E-state index in [4.69, 9.17) is 0 Å². The molecule has 35 heavy (non-hydrogen) atoms. The number of hydrogen-bond acceptors (Lipinski definition) is 6. The summed E-state index contributed by atoms with van der Waals surface area (Å²) in [5.41, 5.74) is -1.35. The fourth-order valence-electron chi connectivity index (χ4n) is 4.25. The number of nitrogens with one attached hydrogen (secondary N) is 1. The normalized spacial score (nSPS) is 18.5. The SMILES string of the molecule is O=C(O)[C@H](c1ccccc1)N1CC(Cc2ccccc2)(NS(=O)(=O)c2ccccc2[N+](=O)[O-])C1=O. The standard InChI is InChI=1S/C24H21N3O7S/c28-22(29)21(18-11-5-2-6-12-18)26-16-24(23(26)30,15-17-9-3-1-4-10-17)25-35(33,34)20-14-8-7-13-19(20)27(31)32/h1-14,21,25H,15-16H2,(H,28,29)/t21-,24?/m0/s1. The van der Waals surface area contributed by atoms with E-state index >= 15 is 0 Å². The molecule has 2 atom stereocenters. The summed E-state index contributed by atoms with van der Waals surface area (Å²) in [5.74, 6) is -2.00. The highest BCUT2D eigenvalue weighted by Crippen LogP contribution is 2.37. The van der Waals surface area contributed by atoms with Crippen molar-refractivity contribution in [1.29, 1.82) is 0 Å². The summed E-state index contributed by atoms with van der Waals surface area (Å²) in [7, 11) is -4.53. The minimum Gasteiger partial charge on any atom is -0.479 e. The number of amides is 1. The molecule has 3 aromatic rings. The molecule has 10 nitrogen and oxygen atoms in total. The molecule has 1 amide bonds. The maximum Gasteiger partial charge on any atom is 0.331 e. The first-order chi connectivity index (χ1) is 16.6. The maximum atomic E-state index is 13.5. The molecule has 1 saturated heterocycles. The average molecular weight is 496 g/mol. The highest BCUT2D eigenvalue weighted by atomic mass is 32.2. The van der Waals surface area contributed by atoms with E-state index in [0.29, 0.717) is 11.1 Å². The fourth-order valence-corrected chi connectivity index (χ4v) is 5.77. The number of likely N-dealkylation sites (tertiary alicyclic amines) is 1. The van der Waals surface area contributed by atoms with Gasteiger partial charge in [0.25, 0.3) is 5.69 Å². The molecule has 0 aromatic heterocycles. The first kappa shape index (κ1) is 24.0. The van der Waals surface area contributed by atoms with E-state index < -0.39 is 49.0 Å². The van der Waals surface area contributed by atoms with Gasteiger partial charge in [-0.15, -0.1) is 0 Å². The van der Waals surface area contributed by atoms with Gasteiger partial charge in [0.05, 0.1) is 11.5 Å². The number of nitro benzene ring substituents is 1. The van der Waals surface area contributed by atoms with E-state index in [2.05, 4.69) is 4.72 Å². The van der Waals surface area contributed by atoms with Crippen molar-refractivity contribution in [3.05, 3.63) is 106 Å². The van der Waals surface area contributed by atoms with Crippen molar-refractivity contribution in [2.75, 3.05) is 6.54 Å². The molecule has 0 aliphatic carbocycles. The number of benzene rings is 3. The number of nitro groups is 1. The second-order valence-corrected chi connectivity index (χ2v) is 9.81.